The summed E-state index contributed by atoms with van der Waals surface area (Å²) in [5, 5.41) is 21.0. The lowest BCUT2D eigenvalue weighted by atomic mass is 10.0. The minimum Gasteiger partial charge on any atom is -0.507 e. The average molecular weight is 461 g/mol. The van der Waals surface area contributed by atoms with Crippen molar-refractivity contribution in [2.75, 3.05) is 21.3 Å². The summed E-state index contributed by atoms with van der Waals surface area (Å²) >= 11 is 0. The van der Waals surface area contributed by atoms with Gasteiger partial charge in [0, 0.05) is 23.8 Å². The predicted molar refractivity (Wildman–Crippen MR) is 130 cm³/mol. The molecule has 3 aromatic carbocycles. The first-order valence-electron chi connectivity index (χ1n) is 10.1. The Balaban J connectivity index is 2.00. The van der Waals surface area contributed by atoms with Crippen LogP contribution in [0.4, 0.5) is 5.69 Å². The van der Waals surface area contributed by atoms with Crippen LogP contribution in [0.15, 0.2) is 60.7 Å². The van der Waals surface area contributed by atoms with E-state index in [4.69, 9.17) is 14.2 Å². The topological polar surface area (TPSA) is 108 Å². The van der Waals surface area contributed by atoms with Crippen LogP contribution in [0.5, 0.6) is 23.0 Å². The molecule has 0 aromatic heterocycles. The SMILES string of the molecule is COc1ccc(/C=C/c2cc(OC)cc(OC)c2/C=C/C(=O)c2cc([N+](=O)[O-])ccc2O)cc1. The molecule has 0 heterocycles. The average Bonchev–Trinajstić information content (AvgIpc) is 2.86. The van der Waals surface area contributed by atoms with E-state index in [0.717, 1.165) is 29.5 Å². The van der Waals surface area contributed by atoms with Gasteiger partial charge in [0.25, 0.3) is 5.69 Å². The molecule has 174 valence electrons. The highest BCUT2D eigenvalue weighted by atomic mass is 16.6. The highest BCUT2D eigenvalue weighted by Crippen LogP contribution is 2.32. The van der Waals surface area contributed by atoms with E-state index in [1.807, 2.05) is 36.4 Å². The van der Waals surface area contributed by atoms with Gasteiger partial charge in [0.05, 0.1) is 31.8 Å². The van der Waals surface area contributed by atoms with Gasteiger partial charge in [0.1, 0.15) is 23.0 Å². The zero-order valence-corrected chi connectivity index (χ0v) is 18.8. The lowest BCUT2D eigenvalue weighted by Crippen LogP contribution is -1.98. The number of nitro benzene ring substituents is 1. The summed E-state index contributed by atoms with van der Waals surface area (Å²) in [4.78, 5) is 23.1. The molecule has 0 unspecified atom stereocenters. The van der Waals surface area contributed by atoms with Crippen molar-refractivity contribution in [3.05, 3.63) is 93.0 Å². The molecule has 8 nitrogen and oxygen atoms in total. The Labute approximate surface area is 196 Å². The van der Waals surface area contributed by atoms with Crippen LogP contribution >= 0.6 is 0 Å². The number of ether oxygens (including phenoxy) is 3. The quantitative estimate of drug-likeness (QED) is 0.150. The molecule has 3 rings (SSSR count). The van der Waals surface area contributed by atoms with Crippen LogP contribution in [0.25, 0.3) is 18.2 Å². The van der Waals surface area contributed by atoms with Crippen molar-refractivity contribution in [3.8, 4) is 23.0 Å². The van der Waals surface area contributed by atoms with Gasteiger partial charge in [-0.05, 0) is 47.5 Å². The van der Waals surface area contributed by atoms with E-state index in [2.05, 4.69) is 0 Å². The largest absolute Gasteiger partial charge is 0.507 e. The Kier molecular flexibility index (Phi) is 7.66. The number of ketones is 1. The number of hydrogen-bond donors (Lipinski definition) is 1. The fraction of sp³-hybridized carbons (Fsp3) is 0.115. The van der Waals surface area contributed by atoms with Gasteiger partial charge in [0.2, 0.25) is 0 Å². The van der Waals surface area contributed by atoms with Crippen LogP contribution in [0.1, 0.15) is 27.0 Å². The van der Waals surface area contributed by atoms with Gasteiger partial charge in [-0.25, -0.2) is 0 Å². The van der Waals surface area contributed by atoms with Gasteiger partial charge in [-0.15, -0.1) is 0 Å². The molecule has 0 saturated heterocycles. The lowest BCUT2D eigenvalue weighted by Gasteiger charge is -2.11. The summed E-state index contributed by atoms with van der Waals surface area (Å²) in [5.74, 6) is 0.824. The molecule has 8 heteroatoms. The first-order valence-corrected chi connectivity index (χ1v) is 10.1. The maximum atomic E-state index is 12.7. The van der Waals surface area contributed by atoms with Crippen LogP contribution in [0.2, 0.25) is 0 Å². The second-order valence-electron chi connectivity index (χ2n) is 7.10. The molecule has 0 radical (unpaired) electrons. The van der Waals surface area contributed by atoms with Gasteiger partial charge < -0.3 is 19.3 Å². The summed E-state index contributed by atoms with van der Waals surface area (Å²) in [6.45, 7) is 0. The van der Waals surface area contributed by atoms with Crippen molar-refractivity contribution in [2.45, 2.75) is 0 Å². The normalized spacial score (nSPS) is 11.0. The fourth-order valence-electron chi connectivity index (χ4n) is 3.21. The second kappa shape index (κ2) is 10.8. The molecule has 0 spiro atoms. The number of phenols is 1. The monoisotopic (exact) mass is 461 g/mol. The third kappa shape index (κ3) is 5.60. The number of hydrogen-bond acceptors (Lipinski definition) is 7. The standard InChI is InChI=1S/C26H23NO7/c1-32-20-9-5-17(6-10-20)4-7-18-14-21(33-2)16-26(34-3)22(18)11-13-25(29)23-15-19(27(30)31)8-12-24(23)28/h4-16,28H,1-3H3/b7-4+,13-11+. The number of aromatic hydroxyl groups is 1. The summed E-state index contributed by atoms with van der Waals surface area (Å²) in [5.41, 5.74) is 1.76. The van der Waals surface area contributed by atoms with Crippen molar-refractivity contribution in [1.82, 2.24) is 0 Å². The van der Waals surface area contributed by atoms with E-state index in [1.165, 1.54) is 26.4 Å². The summed E-state index contributed by atoms with van der Waals surface area (Å²) in [6.07, 6.45) is 6.50. The number of benzene rings is 3. The second-order valence-corrected chi connectivity index (χ2v) is 7.10. The van der Waals surface area contributed by atoms with Crippen LogP contribution in [0.3, 0.4) is 0 Å². The maximum Gasteiger partial charge on any atom is 0.270 e. The van der Waals surface area contributed by atoms with Crippen molar-refractivity contribution < 1.29 is 29.0 Å². The van der Waals surface area contributed by atoms with E-state index in [1.54, 1.807) is 19.2 Å². The molecule has 1 N–H and O–H groups in total. The molecule has 0 aliphatic rings. The number of methoxy groups -OCH3 is 3. The number of nitrogens with zero attached hydrogens (tertiary/aromatic N) is 1. The Morgan fingerprint density at radius 2 is 1.59 bits per heavy atom. The summed E-state index contributed by atoms with van der Waals surface area (Å²) < 4.78 is 16.0. The molecule has 0 aliphatic carbocycles. The number of nitro groups is 1. The molecule has 0 atom stereocenters. The number of carbonyl (C=O) groups is 1. The van der Waals surface area contributed by atoms with E-state index in [0.29, 0.717) is 22.6 Å². The van der Waals surface area contributed by atoms with Gasteiger partial charge in [-0.3, -0.25) is 14.9 Å². The zero-order chi connectivity index (χ0) is 24.7. The van der Waals surface area contributed by atoms with Crippen molar-refractivity contribution in [3.63, 3.8) is 0 Å². The van der Waals surface area contributed by atoms with E-state index in [9.17, 15) is 20.0 Å². The van der Waals surface area contributed by atoms with Crippen molar-refractivity contribution in [1.29, 1.82) is 0 Å². The van der Waals surface area contributed by atoms with Crippen LogP contribution < -0.4 is 14.2 Å². The molecule has 0 aliphatic heterocycles. The van der Waals surface area contributed by atoms with Gasteiger partial charge in [0.15, 0.2) is 5.78 Å². The smallest absolute Gasteiger partial charge is 0.270 e. The molecule has 34 heavy (non-hydrogen) atoms. The van der Waals surface area contributed by atoms with Crippen molar-refractivity contribution in [2.24, 2.45) is 0 Å². The summed E-state index contributed by atoms with van der Waals surface area (Å²) in [7, 11) is 4.63. The molecule has 3 aromatic rings. The Bertz CT molecular complexity index is 1260. The summed E-state index contributed by atoms with van der Waals surface area (Å²) in [6, 6.07) is 14.2. The van der Waals surface area contributed by atoms with Crippen LogP contribution in [-0.4, -0.2) is 37.1 Å². The van der Waals surface area contributed by atoms with E-state index in [-0.39, 0.29) is 17.0 Å². The Hall–Kier alpha value is -4.59. The third-order valence-corrected chi connectivity index (χ3v) is 5.03. The first kappa shape index (κ1) is 24.1. The van der Waals surface area contributed by atoms with Gasteiger partial charge in [-0.1, -0.05) is 24.3 Å². The van der Waals surface area contributed by atoms with E-state index >= 15 is 0 Å². The number of phenolic OH excluding ortho intramolecular Hbond substituents is 1. The number of non-ortho nitro benzene ring substituents is 1. The van der Waals surface area contributed by atoms with Crippen LogP contribution in [0, 0.1) is 10.1 Å². The minimum atomic E-state index is -0.630. The van der Waals surface area contributed by atoms with Crippen molar-refractivity contribution >= 4 is 29.7 Å². The Morgan fingerprint density at radius 3 is 2.21 bits per heavy atom. The Morgan fingerprint density at radius 1 is 0.882 bits per heavy atom. The number of carbonyl (C=O) groups excluding carboxylic acids is 1. The minimum absolute atomic E-state index is 0.173. The predicted octanol–water partition coefficient (Wildman–Crippen LogP) is 5.39. The number of rotatable bonds is 9. The number of allylic oxidation sites excluding steroid dienone is 1. The highest BCUT2D eigenvalue weighted by molar-refractivity contribution is 6.09. The molecule has 0 amide bonds. The van der Waals surface area contributed by atoms with E-state index < -0.39 is 10.7 Å². The first-order chi connectivity index (χ1) is 16.4. The zero-order valence-electron chi connectivity index (χ0n) is 18.8. The molecule has 0 fully saturated rings. The molecule has 0 bridgehead atoms. The fourth-order valence-corrected chi connectivity index (χ4v) is 3.21. The molecular formula is C26H23NO7. The lowest BCUT2D eigenvalue weighted by molar-refractivity contribution is -0.384. The molecular weight excluding hydrogens is 438 g/mol. The van der Waals surface area contributed by atoms with Gasteiger partial charge >= 0.3 is 0 Å². The molecule has 0 saturated carbocycles. The third-order valence-electron chi connectivity index (χ3n) is 5.03. The highest BCUT2D eigenvalue weighted by Gasteiger charge is 2.15. The van der Waals surface area contributed by atoms with Crippen LogP contribution in [-0.2, 0) is 0 Å². The van der Waals surface area contributed by atoms with Gasteiger partial charge in [-0.2, -0.15) is 0 Å². The maximum absolute atomic E-state index is 12.7.